The Bertz CT molecular complexity index is 1190. The van der Waals surface area contributed by atoms with Gasteiger partial charge in [-0.15, -0.1) is 0 Å². The maximum atomic E-state index is 13.1. The molecule has 2 heterocycles. The quantitative estimate of drug-likeness (QED) is 0.374. The van der Waals surface area contributed by atoms with Crippen LogP contribution < -0.4 is 4.90 Å². The van der Waals surface area contributed by atoms with Gasteiger partial charge in [0, 0.05) is 23.3 Å². The van der Waals surface area contributed by atoms with Gasteiger partial charge in [-0.25, -0.2) is 4.98 Å². The van der Waals surface area contributed by atoms with E-state index in [1.165, 1.54) is 11.3 Å². The van der Waals surface area contributed by atoms with E-state index in [-0.39, 0.29) is 5.91 Å². The van der Waals surface area contributed by atoms with Crippen LogP contribution in [0.15, 0.2) is 60.7 Å². The average molecular weight is 437 g/mol. The summed E-state index contributed by atoms with van der Waals surface area (Å²) in [5.41, 5.74) is 3.71. The zero-order valence-corrected chi connectivity index (χ0v) is 18.3. The molecule has 4 rings (SSSR count). The number of hydrogen-bond donors (Lipinski definition) is 0. The molecule has 0 aliphatic carbocycles. The monoisotopic (exact) mass is 436 g/mol. The smallest absolute Gasteiger partial charge is 0.252 e. The van der Waals surface area contributed by atoms with Crippen molar-refractivity contribution in [1.29, 1.82) is 0 Å². The first kappa shape index (κ1) is 20.3. The van der Waals surface area contributed by atoms with Crippen LogP contribution in [0.5, 0.6) is 0 Å². The van der Waals surface area contributed by atoms with Gasteiger partial charge in [0.15, 0.2) is 5.13 Å². The van der Waals surface area contributed by atoms with Crippen molar-refractivity contribution < 1.29 is 4.79 Å². The summed E-state index contributed by atoms with van der Waals surface area (Å²) in [6.07, 6.45) is 3.29. The van der Waals surface area contributed by atoms with E-state index in [2.05, 4.69) is 10.1 Å². The average Bonchev–Trinajstić information content (AvgIpc) is 3.29. The summed E-state index contributed by atoms with van der Waals surface area (Å²) in [5, 5.41) is 5.79. The van der Waals surface area contributed by atoms with Gasteiger partial charge in [0.2, 0.25) is 0 Å². The molecule has 1 amide bonds. The number of carbonyl (C=O) groups is 1. The predicted octanol–water partition coefficient (Wildman–Crippen LogP) is 5.51. The molecule has 0 atom stereocenters. The largest absolute Gasteiger partial charge is 0.283 e. The van der Waals surface area contributed by atoms with Gasteiger partial charge >= 0.3 is 0 Å². The number of amides is 1. The predicted molar refractivity (Wildman–Crippen MR) is 124 cm³/mol. The lowest BCUT2D eigenvalue weighted by Gasteiger charge is -2.18. The van der Waals surface area contributed by atoms with Crippen LogP contribution in [0.3, 0.4) is 0 Å². The number of para-hydroxylation sites is 1. The third-order valence-electron chi connectivity index (χ3n) is 4.73. The number of nitrogens with zero attached hydrogens (tertiary/aromatic N) is 4. The Morgan fingerprint density at radius 2 is 1.93 bits per heavy atom. The Hall–Kier alpha value is -2.96. The highest BCUT2D eigenvalue weighted by atomic mass is 35.5. The number of thiazole rings is 1. The van der Waals surface area contributed by atoms with E-state index in [1.54, 1.807) is 23.1 Å². The van der Waals surface area contributed by atoms with Gasteiger partial charge < -0.3 is 0 Å². The molecular formula is C23H21ClN4OS. The van der Waals surface area contributed by atoms with E-state index in [0.717, 1.165) is 27.2 Å². The molecule has 7 heteroatoms. The van der Waals surface area contributed by atoms with E-state index in [0.29, 0.717) is 23.2 Å². The van der Waals surface area contributed by atoms with E-state index in [4.69, 9.17) is 11.6 Å². The fourth-order valence-electron chi connectivity index (χ4n) is 3.23. The molecule has 30 heavy (non-hydrogen) atoms. The van der Waals surface area contributed by atoms with E-state index in [1.807, 2.05) is 67.1 Å². The minimum Gasteiger partial charge on any atom is -0.283 e. The molecule has 0 aliphatic heterocycles. The number of fused-ring (bicyclic) bond motifs is 1. The summed E-state index contributed by atoms with van der Waals surface area (Å²) in [6.45, 7) is 5.03. The van der Waals surface area contributed by atoms with Gasteiger partial charge in [-0.2, -0.15) is 5.10 Å². The van der Waals surface area contributed by atoms with Crippen molar-refractivity contribution in [3.8, 4) is 0 Å². The van der Waals surface area contributed by atoms with Crippen LogP contribution in [-0.2, 0) is 11.3 Å². The SMILES string of the molecule is Cc1cc(C)n(CCN(C(=O)/C=C/c2ccccc2Cl)c2nc3ccccc3s2)n1. The Labute approximate surface area is 184 Å². The first-order valence-corrected chi connectivity index (χ1v) is 10.8. The van der Waals surface area contributed by atoms with Crippen molar-refractivity contribution in [2.24, 2.45) is 0 Å². The number of rotatable bonds is 6. The molecule has 0 N–H and O–H groups in total. The molecule has 0 fully saturated rings. The molecule has 4 aromatic rings. The molecular weight excluding hydrogens is 416 g/mol. The standard InChI is InChI=1S/C23H21ClN4OS/c1-16-15-17(2)28(26-16)14-13-27(23-25-20-9-5-6-10-21(20)30-23)22(29)12-11-18-7-3-4-8-19(18)24/h3-12,15H,13-14H2,1-2H3/b12-11+. The Balaban J connectivity index is 1.62. The number of aromatic nitrogens is 3. The van der Waals surface area contributed by atoms with Gasteiger partial charge in [0.25, 0.3) is 5.91 Å². The molecule has 2 aromatic heterocycles. The van der Waals surface area contributed by atoms with Gasteiger partial charge in [0.1, 0.15) is 0 Å². The van der Waals surface area contributed by atoms with Gasteiger partial charge in [0.05, 0.1) is 22.5 Å². The molecule has 2 aromatic carbocycles. The summed E-state index contributed by atoms with van der Waals surface area (Å²) >= 11 is 7.73. The second-order valence-electron chi connectivity index (χ2n) is 6.96. The van der Waals surface area contributed by atoms with Gasteiger partial charge in [-0.1, -0.05) is 53.3 Å². The summed E-state index contributed by atoms with van der Waals surface area (Å²) in [4.78, 5) is 19.5. The van der Waals surface area contributed by atoms with E-state index >= 15 is 0 Å². The number of aryl methyl sites for hydroxylation is 2. The fraction of sp³-hybridized carbons (Fsp3) is 0.174. The molecule has 0 bridgehead atoms. The normalized spacial score (nSPS) is 11.4. The minimum atomic E-state index is -0.143. The molecule has 0 saturated carbocycles. The molecule has 0 radical (unpaired) electrons. The summed E-state index contributed by atoms with van der Waals surface area (Å²) in [5.74, 6) is -0.143. The van der Waals surface area contributed by atoms with E-state index in [9.17, 15) is 4.79 Å². The summed E-state index contributed by atoms with van der Waals surface area (Å²) < 4.78 is 2.97. The number of anilines is 1. The summed E-state index contributed by atoms with van der Waals surface area (Å²) in [6, 6.07) is 17.4. The van der Waals surface area contributed by atoms with Crippen molar-refractivity contribution in [2.75, 3.05) is 11.4 Å². The van der Waals surface area contributed by atoms with Gasteiger partial charge in [-0.05, 0) is 49.8 Å². The molecule has 0 spiro atoms. The van der Waals surface area contributed by atoms with Crippen molar-refractivity contribution >= 4 is 50.3 Å². The second-order valence-corrected chi connectivity index (χ2v) is 8.38. The topological polar surface area (TPSA) is 51.0 Å². The zero-order chi connectivity index (χ0) is 21.1. The molecule has 0 unspecified atom stereocenters. The summed E-state index contributed by atoms with van der Waals surface area (Å²) in [7, 11) is 0. The maximum Gasteiger partial charge on any atom is 0.252 e. The second kappa shape index (κ2) is 8.81. The van der Waals surface area contributed by atoms with Crippen molar-refractivity contribution in [3.05, 3.63) is 82.6 Å². The molecule has 152 valence electrons. The Morgan fingerprint density at radius 1 is 1.17 bits per heavy atom. The van der Waals surface area contributed by atoms with Crippen LogP contribution in [-0.4, -0.2) is 27.2 Å². The first-order chi connectivity index (χ1) is 14.5. The number of carbonyl (C=O) groups excluding carboxylic acids is 1. The lowest BCUT2D eigenvalue weighted by atomic mass is 10.2. The van der Waals surface area contributed by atoms with Crippen LogP contribution in [0, 0.1) is 13.8 Å². The maximum absolute atomic E-state index is 13.1. The van der Waals surface area contributed by atoms with Crippen LogP contribution in [0.1, 0.15) is 17.0 Å². The van der Waals surface area contributed by atoms with Crippen molar-refractivity contribution in [3.63, 3.8) is 0 Å². The Morgan fingerprint density at radius 3 is 2.67 bits per heavy atom. The van der Waals surface area contributed by atoms with Crippen molar-refractivity contribution in [2.45, 2.75) is 20.4 Å². The highest BCUT2D eigenvalue weighted by Crippen LogP contribution is 2.29. The van der Waals surface area contributed by atoms with Crippen molar-refractivity contribution in [1.82, 2.24) is 14.8 Å². The third kappa shape index (κ3) is 4.45. The molecule has 0 aliphatic rings. The third-order valence-corrected chi connectivity index (χ3v) is 6.13. The number of halogens is 1. The molecule has 0 saturated heterocycles. The fourth-order valence-corrected chi connectivity index (χ4v) is 4.43. The lowest BCUT2D eigenvalue weighted by molar-refractivity contribution is -0.114. The van der Waals surface area contributed by atoms with Crippen LogP contribution in [0.25, 0.3) is 16.3 Å². The number of benzene rings is 2. The minimum absolute atomic E-state index is 0.143. The molecule has 5 nitrogen and oxygen atoms in total. The van der Waals surface area contributed by atoms with Crippen LogP contribution >= 0.6 is 22.9 Å². The number of hydrogen-bond acceptors (Lipinski definition) is 4. The van der Waals surface area contributed by atoms with Crippen LogP contribution in [0.2, 0.25) is 5.02 Å². The lowest BCUT2D eigenvalue weighted by Crippen LogP contribution is -2.33. The highest BCUT2D eigenvalue weighted by molar-refractivity contribution is 7.22. The Kier molecular flexibility index (Phi) is 5.97. The highest BCUT2D eigenvalue weighted by Gasteiger charge is 2.18. The van der Waals surface area contributed by atoms with E-state index < -0.39 is 0 Å². The zero-order valence-electron chi connectivity index (χ0n) is 16.7. The van der Waals surface area contributed by atoms with Gasteiger partial charge in [-0.3, -0.25) is 14.4 Å². The first-order valence-electron chi connectivity index (χ1n) is 9.62. The van der Waals surface area contributed by atoms with Crippen LogP contribution in [0.4, 0.5) is 5.13 Å².